The third-order valence-corrected chi connectivity index (χ3v) is 7.67. The van der Waals surface area contributed by atoms with E-state index in [2.05, 4.69) is 38.4 Å². The molecule has 2 aromatic rings. The summed E-state index contributed by atoms with van der Waals surface area (Å²) < 4.78 is 1.83. The number of carboxylic acids is 1. The molecule has 3 fully saturated rings. The molecule has 33 heavy (non-hydrogen) atoms. The van der Waals surface area contributed by atoms with Gasteiger partial charge in [0.05, 0.1) is 23.0 Å². The van der Waals surface area contributed by atoms with E-state index in [1.54, 1.807) is 0 Å². The zero-order chi connectivity index (χ0) is 23.1. The van der Waals surface area contributed by atoms with Gasteiger partial charge in [-0.2, -0.15) is 5.10 Å². The molecule has 176 valence electrons. The molecule has 3 heterocycles. The number of aliphatic carboxylic acids is 1. The number of rotatable bonds is 4. The Hall–Kier alpha value is -2.94. The van der Waals surface area contributed by atoms with Gasteiger partial charge in [-0.1, -0.05) is 0 Å². The summed E-state index contributed by atoms with van der Waals surface area (Å²) in [6, 6.07) is 6.80. The van der Waals surface area contributed by atoms with Gasteiger partial charge in [0.15, 0.2) is 0 Å². The summed E-state index contributed by atoms with van der Waals surface area (Å²) in [5, 5.41) is 17.3. The zero-order valence-corrected chi connectivity index (χ0v) is 19.0. The summed E-state index contributed by atoms with van der Waals surface area (Å²) in [6.45, 7) is 3.82. The monoisotopic (exact) mass is 453 g/mol. The van der Waals surface area contributed by atoms with Crippen LogP contribution in [0.2, 0.25) is 0 Å². The van der Waals surface area contributed by atoms with Gasteiger partial charge >= 0.3 is 5.97 Å². The fourth-order valence-corrected chi connectivity index (χ4v) is 5.72. The third-order valence-electron chi connectivity index (χ3n) is 7.67. The summed E-state index contributed by atoms with van der Waals surface area (Å²) in [6.07, 6.45) is 4.35. The number of carbonyl (C=O) groups excluding carboxylic acids is 2. The number of carbonyl (C=O) groups is 3. The number of carboxylic acid groups (broad SMARTS) is 1. The Morgan fingerprint density at radius 2 is 1.79 bits per heavy atom. The summed E-state index contributed by atoms with van der Waals surface area (Å²) in [4.78, 5) is 40.0. The molecular formula is C24H31N5O4. The van der Waals surface area contributed by atoms with Crippen molar-refractivity contribution in [2.45, 2.75) is 50.5 Å². The fourth-order valence-electron chi connectivity index (χ4n) is 5.72. The summed E-state index contributed by atoms with van der Waals surface area (Å²) in [5.41, 5.74) is 2.88. The van der Waals surface area contributed by atoms with Gasteiger partial charge in [0.2, 0.25) is 11.8 Å². The number of nitrogens with one attached hydrogen (secondary N) is 1. The Balaban J connectivity index is 1.26. The molecule has 9 nitrogen and oxygen atoms in total. The highest BCUT2D eigenvalue weighted by Gasteiger charge is 2.33. The van der Waals surface area contributed by atoms with Crippen LogP contribution in [0, 0.1) is 5.92 Å². The smallest absolute Gasteiger partial charge is 0.306 e. The van der Waals surface area contributed by atoms with Crippen LogP contribution in [0.3, 0.4) is 0 Å². The highest BCUT2D eigenvalue weighted by molar-refractivity contribution is 6.02. The van der Waals surface area contributed by atoms with Gasteiger partial charge in [-0.15, -0.1) is 0 Å². The zero-order valence-electron chi connectivity index (χ0n) is 19.0. The van der Waals surface area contributed by atoms with Crippen LogP contribution < -0.4 is 10.2 Å². The summed E-state index contributed by atoms with van der Waals surface area (Å²) in [7, 11) is 1.90. The minimum Gasteiger partial charge on any atom is -0.481 e. The Morgan fingerprint density at radius 1 is 1.06 bits per heavy atom. The number of benzene rings is 1. The van der Waals surface area contributed by atoms with E-state index in [0.717, 1.165) is 74.1 Å². The van der Waals surface area contributed by atoms with Gasteiger partial charge in [0.1, 0.15) is 0 Å². The van der Waals surface area contributed by atoms with Gasteiger partial charge in [0, 0.05) is 56.8 Å². The number of fused-ring (bicyclic) bond motifs is 1. The molecule has 1 saturated carbocycles. The minimum absolute atomic E-state index is 0.168. The molecule has 0 radical (unpaired) electrons. The van der Waals surface area contributed by atoms with E-state index in [-0.39, 0.29) is 17.7 Å². The van der Waals surface area contributed by atoms with Crippen LogP contribution in [0.1, 0.15) is 50.1 Å². The van der Waals surface area contributed by atoms with Gasteiger partial charge < -0.3 is 10.0 Å². The van der Waals surface area contributed by atoms with Crippen molar-refractivity contribution in [1.29, 1.82) is 0 Å². The molecule has 1 aromatic carbocycles. The molecular weight excluding hydrogens is 422 g/mol. The Kier molecular flexibility index (Phi) is 5.82. The largest absolute Gasteiger partial charge is 0.481 e. The van der Waals surface area contributed by atoms with E-state index < -0.39 is 11.9 Å². The van der Waals surface area contributed by atoms with Gasteiger partial charge in [0.25, 0.3) is 0 Å². The van der Waals surface area contributed by atoms with Crippen molar-refractivity contribution < 1.29 is 19.5 Å². The van der Waals surface area contributed by atoms with E-state index in [0.29, 0.717) is 18.9 Å². The van der Waals surface area contributed by atoms with Crippen molar-refractivity contribution in [3.63, 3.8) is 0 Å². The SMILES string of the molecule is Cn1nc(C2CCC(=O)NC2=O)c2ccc(N3CCN([C@H]4CC[C@H](C(=O)O)CC4)CC3)cc21. The first-order chi connectivity index (χ1) is 15.9. The van der Waals surface area contributed by atoms with Crippen LogP contribution in [0.4, 0.5) is 5.69 Å². The molecule has 2 aliphatic heterocycles. The number of piperazine rings is 1. The Bertz CT molecular complexity index is 1080. The van der Waals surface area contributed by atoms with E-state index in [4.69, 9.17) is 0 Å². The van der Waals surface area contributed by atoms with Crippen LogP contribution in [0.15, 0.2) is 18.2 Å². The van der Waals surface area contributed by atoms with Crippen LogP contribution in [0.5, 0.6) is 0 Å². The normalized spacial score (nSPS) is 27.1. The van der Waals surface area contributed by atoms with Crippen molar-refractivity contribution in [2.75, 3.05) is 31.1 Å². The fraction of sp³-hybridized carbons (Fsp3) is 0.583. The van der Waals surface area contributed by atoms with Crippen molar-refractivity contribution in [3.8, 4) is 0 Å². The first kappa shape index (κ1) is 21.9. The topological polar surface area (TPSA) is 108 Å². The number of aromatic nitrogens is 2. The van der Waals surface area contributed by atoms with Gasteiger partial charge in [-0.25, -0.2) is 0 Å². The minimum atomic E-state index is -0.649. The molecule has 1 aromatic heterocycles. The summed E-state index contributed by atoms with van der Waals surface area (Å²) in [5.74, 6) is -1.68. The summed E-state index contributed by atoms with van der Waals surface area (Å²) >= 11 is 0. The Labute approximate surface area is 192 Å². The molecule has 3 aliphatic rings. The quantitative estimate of drug-likeness (QED) is 0.681. The van der Waals surface area contributed by atoms with E-state index in [1.165, 1.54) is 0 Å². The molecule has 2 saturated heterocycles. The molecule has 5 rings (SSSR count). The average molecular weight is 454 g/mol. The molecule has 2 amide bonds. The second-order valence-corrected chi connectivity index (χ2v) is 9.58. The molecule has 1 atom stereocenters. The lowest BCUT2D eigenvalue weighted by Crippen LogP contribution is -2.51. The number of piperidine rings is 1. The maximum Gasteiger partial charge on any atom is 0.306 e. The van der Waals surface area contributed by atoms with Gasteiger partial charge in [-0.05, 0) is 50.3 Å². The van der Waals surface area contributed by atoms with E-state index in [9.17, 15) is 19.5 Å². The first-order valence-corrected chi connectivity index (χ1v) is 11.9. The number of nitrogens with zero attached hydrogens (tertiary/aromatic N) is 4. The van der Waals surface area contributed by atoms with E-state index in [1.807, 2.05) is 11.7 Å². The molecule has 9 heteroatoms. The van der Waals surface area contributed by atoms with Crippen LogP contribution in [0.25, 0.3) is 10.9 Å². The highest BCUT2D eigenvalue weighted by Crippen LogP contribution is 2.33. The highest BCUT2D eigenvalue weighted by atomic mass is 16.4. The lowest BCUT2D eigenvalue weighted by Gasteiger charge is -2.42. The number of amides is 2. The van der Waals surface area contributed by atoms with Crippen LogP contribution in [-0.2, 0) is 21.4 Å². The maximum absolute atomic E-state index is 12.4. The molecule has 1 unspecified atom stereocenters. The lowest BCUT2D eigenvalue weighted by molar-refractivity contribution is -0.143. The van der Waals surface area contributed by atoms with Crippen molar-refractivity contribution in [1.82, 2.24) is 20.0 Å². The number of imide groups is 1. The number of hydrogen-bond donors (Lipinski definition) is 2. The standard InChI is InChI=1S/C24H31N5O4/c1-27-20-14-17(6-7-18(20)22(26-27)19-8-9-21(30)25-23(19)31)29-12-10-28(11-13-29)16-4-2-15(3-5-16)24(32)33/h6-7,14-16,19H,2-5,8-13H2,1H3,(H,32,33)(H,25,30,31)/t15-,16-,19?. The van der Waals surface area contributed by atoms with Crippen LogP contribution >= 0.6 is 0 Å². The number of aryl methyl sites for hydroxylation is 1. The molecule has 0 spiro atoms. The van der Waals surface area contributed by atoms with Crippen LogP contribution in [-0.4, -0.2) is 69.8 Å². The second-order valence-electron chi connectivity index (χ2n) is 9.58. The lowest BCUT2D eigenvalue weighted by atomic mass is 9.85. The maximum atomic E-state index is 12.4. The average Bonchev–Trinajstić information content (AvgIpc) is 3.15. The first-order valence-electron chi connectivity index (χ1n) is 11.9. The molecule has 2 N–H and O–H groups in total. The van der Waals surface area contributed by atoms with Gasteiger partial charge in [-0.3, -0.25) is 29.3 Å². The predicted octanol–water partition coefficient (Wildman–Crippen LogP) is 1.86. The molecule has 1 aliphatic carbocycles. The third kappa shape index (κ3) is 4.21. The van der Waals surface area contributed by atoms with Crippen molar-refractivity contribution >= 4 is 34.4 Å². The molecule has 0 bridgehead atoms. The second kappa shape index (κ2) is 8.78. The van der Waals surface area contributed by atoms with E-state index >= 15 is 0 Å². The van der Waals surface area contributed by atoms with Crippen molar-refractivity contribution in [3.05, 3.63) is 23.9 Å². The van der Waals surface area contributed by atoms with Crippen molar-refractivity contribution in [2.24, 2.45) is 13.0 Å². The number of anilines is 1. The number of hydrogen-bond acceptors (Lipinski definition) is 6. The Morgan fingerprint density at radius 3 is 2.45 bits per heavy atom. The predicted molar refractivity (Wildman–Crippen MR) is 123 cm³/mol.